The lowest BCUT2D eigenvalue weighted by atomic mass is 9.87. The van der Waals surface area contributed by atoms with Gasteiger partial charge in [0.25, 0.3) is 0 Å². The van der Waals surface area contributed by atoms with Gasteiger partial charge in [-0.3, -0.25) is 0 Å². The lowest BCUT2D eigenvalue weighted by molar-refractivity contribution is 0.0390. The third kappa shape index (κ3) is 4.82. The Labute approximate surface area is 121 Å². The summed E-state index contributed by atoms with van der Waals surface area (Å²) in [6.45, 7) is 10.2. The summed E-state index contributed by atoms with van der Waals surface area (Å²) < 4.78 is 5.21. The van der Waals surface area contributed by atoms with Crippen LogP contribution in [-0.2, 0) is 10.2 Å². The second-order valence-electron chi connectivity index (χ2n) is 6.00. The van der Waals surface area contributed by atoms with Gasteiger partial charge in [-0.25, -0.2) is 4.79 Å². The molecule has 0 saturated heterocycles. The number of hydrogen-bond donors (Lipinski definition) is 1. The third-order valence-corrected chi connectivity index (χ3v) is 3.19. The van der Waals surface area contributed by atoms with Gasteiger partial charge in [0.2, 0.25) is 0 Å². The minimum atomic E-state index is -0.354. The molecule has 0 radical (unpaired) electrons. The Bertz CT molecular complexity index is 440. The number of rotatable bonds is 6. The average Bonchev–Trinajstić information content (AvgIpc) is 2.42. The first-order chi connectivity index (χ1) is 9.38. The van der Waals surface area contributed by atoms with Crippen LogP contribution in [0, 0.1) is 5.92 Å². The first kappa shape index (κ1) is 16.4. The molecule has 110 valence electrons. The van der Waals surface area contributed by atoms with Crippen LogP contribution in [0.2, 0.25) is 0 Å². The summed E-state index contributed by atoms with van der Waals surface area (Å²) in [6, 6.07) is 7.46. The Hall–Kier alpha value is -1.61. The smallest absolute Gasteiger partial charge is 0.338 e. The third-order valence-electron chi connectivity index (χ3n) is 3.19. The van der Waals surface area contributed by atoms with Gasteiger partial charge in [0, 0.05) is 12.5 Å². The number of aliphatic hydroxyl groups excluding tert-OH is 1. The van der Waals surface area contributed by atoms with Crippen LogP contribution in [0.4, 0.5) is 0 Å². The molecule has 0 aliphatic carbocycles. The molecule has 20 heavy (non-hydrogen) atoms. The van der Waals surface area contributed by atoms with Gasteiger partial charge in [-0.05, 0) is 29.5 Å². The Morgan fingerprint density at radius 2 is 1.95 bits per heavy atom. The van der Waals surface area contributed by atoms with Gasteiger partial charge in [-0.15, -0.1) is 6.58 Å². The van der Waals surface area contributed by atoms with Crippen LogP contribution in [0.15, 0.2) is 36.9 Å². The van der Waals surface area contributed by atoms with Crippen LogP contribution in [0.3, 0.4) is 0 Å². The highest BCUT2D eigenvalue weighted by Crippen LogP contribution is 2.22. The molecule has 1 rings (SSSR count). The zero-order valence-corrected chi connectivity index (χ0v) is 12.6. The van der Waals surface area contributed by atoms with E-state index < -0.39 is 0 Å². The van der Waals surface area contributed by atoms with E-state index in [0.717, 1.165) is 0 Å². The van der Waals surface area contributed by atoms with E-state index >= 15 is 0 Å². The molecule has 0 aliphatic rings. The molecular formula is C17H24O3. The van der Waals surface area contributed by atoms with Crippen LogP contribution < -0.4 is 0 Å². The van der Waals surface area contributed by atoms with Crippen LogP contribution in [0.5, 0.6) is 0 Å². The van der Waals surface area contributed by atoms with E-state index in [-0.39, 0.29) is 30.5 Å². The second-order valence-corrected chi connectivity index (χ2v) is 6.00. The van der Waals surface area contributed by atoms with E-state index in [1.807, 2.05) is 12.1 Å². The lowest BCUT2D eigenvalue weighted by Gasteiger charge is -2.19. The minimum absolute atomic E-state index is 0.0116. The number of carbonyl (C=O) groups excluding carboxylic acids is 1. The van der Waals surface area contributed by atoms with E-state index in [1.54, 1.807) is 18.2 Å². The number of carbonyl (C=O) groups is 1. The zero-order chi connectivity index (χ0) is 15.2. The van der Waals surface area contributed by atoms with Gasteiger partial charge in [0.1, 0.15) is 0 Å². The van der Waals surface area contributed by atoms with Crippen molar-refractivity contribution in [2.75, 3.05) is 13.2 Å². The van der Waals surface area contributed by atoms with Crippen LogP contribution in [-0.4, -0.2) is 24.3 Å². The summed E-state index contributed by atoms with van der Waals surface area (Å²) in [5.74, 6) is -0.432. The monoisotopic (exact) mass is 276 g/mol. The SMILES string of the molecule is C=CC[C@H](CO)COC(=O)c1ccc(C(C)(C)C)cc1. The number of aliphatic hydroxyl groups is 1. The second kappa shape index (κ2) is 7.25. The highest BCUT2D eigenvalue weighted by molar-refractivity contribution is 5.89. The largest absolute Gasteiger partial charge is 0.462 e. The molecule has 3 heteroatoms. The van der Waals surface area contributed by atoms with Crippen molar-refractivity contribution in [2.24, 2.45) is 5.92 Å². The highest BCUT2D eigenvalue weighted by Gasteiger charge is 2.15. The van der Waals surface area contributed by atoms with Crippen molar-refractivity contribution >= 4 is 5.97 Å². The molecule has 0 spiro atoms. The fourth-order valence-corrected chi connectivity index (χ4v) is 1.81. The number of ether oxygens (including phenoxy) is 1. The van der Waals surface area contributed by atoms with Crippen molar-refractivity contribution in [3.8, 4) is 0 Å². The first-order valence-electron chi connectivity index (χ1n) is 6.88. The molecule has 1 N–H and O–H groups in total. The van der Waals surface area contributed by atoms with Crippen molar-refractivity contribution in [1.82, 2.24) is 0 Å². The van der Waals surface area contributed by atoms with Crippen LogP contribution in [0.25, 0.3) is 0 Å². The molecule has 0 fully saturated rings. The van der Waals surface area contributed by atoms with Gasteiger partial charge in [-0.1, -0.05) is 39.0 Å². The molecule has 3 nitrogen and oxygen atoms in total. The van der Waals surface area contributed by atoms with E-state index in [9.17, 15) is 4.79 Å². The maximum atomic E-state index is 11.9. The van der Waals surface area contributed by atoms with E-state index in [4.69, 9.17) is 9.84 Å². The number of allylic oxidation sites excluding steroid dienone is 1. The highest BCUT2D eigenvalue weighted by atomic mass is 16.5. The normalized spacial score (nSPS) is 12.8. The van der Waals surface area contributed by atoms with Crippen molar-refractivity contribution < 1.29 is 14.6 Å². The summed E-state index contributed by atoms with van der Waals surface area (Å²) in [4.78, 5) is 11.9. The van der Waals surface area contributed by atoms with Crippen molar-refractivity contribution in [1.29, 1.82) is 0 Å². The molecule has 1 aromatic carbocycles. The van der Waals surface area contributed by atoms with Crippen LogP contribution >= 0.6 is 0 Å². The molecule has 1 aromatic rings. The Morgan fingerprint density at radius 3 is 2.40 bits per heavy atom. The fraction of sp³-hybridized carbons (Fsp3) is 0.471. The minimum Gasteiger partial charge on any atom is -0.462 e. The molecule has 0 saturated carbocycles. The van der Waals surface area contributed by atoms with Gasteiger partial charge in [0.15, 0.2) is 0 Å². The van der Waals surface area contributed by atoms with Gasteiger partial charge >= 0.3 is 5.97 Å². The maximum absolute atomic E-state index is 11.9. The van der Waals surface area contributed by atoms with E-state index in [0.29, 0.717) is 12.0 Å². The van der Waals surface area contributed by atoms with E-state index in [2.05, 4.69) is 27.4 Å². The molecule has 0 unspecified atom stereocenters. The predicted molar refractivity (Wildman–Crippen MR) is 80.8 cm³/mol. The number of esters is 1. The van der Waals surface area contributed by atoms with Crippen molar-refractivity contribution in [2.45, 2.75) is 32.6 Å². The fourth-order valence-electron chi connectivity index (χ4n) is 1.81. The lowest BCUT2D eigenvalue weighted by Crippen LogP contribution is -2.17. The predicted octanol–water partition coefficient (Wildman–Crippen LogP) is 3.33. The van der Waals surface area contributed by atoms with Crippen molar-refractivity contribution in [3.05, 3.63) is 48.0 Å². The van der Waals surface area contributed by atoms with Gasteiger partial charge in [0.05, 0.1) is 12.2 Å². The molecule has 1 atom stereocenters. The number of hydrogen-bond acceptors (Lipinski definition) is 3. The summed E-state index contributed by atoms with van der Waals surface area (Å²) in [5.41, 5.74) is 1.77. The topological polar surface area (TPSA) is 46.5 Å². The molecule has 0 aromatic heterocycles. The van der Waals surface area contributed by atoms with Gasteiger partial charge < -0.3 is 9.84 Å². The summed E-state index contributed by atoms with van der Waals surface area (Å²) >= 11 is 0. The summed E-state index contributed by atoms with van der Waals surface area (Å²) in [5, 5.41) is 9.13. The first-order valence-corrected chi connectivity index (χ1v) is 6.88. The summed E-state index contributed by atoms with van der Waals surface area (Å²) in [7, 11) is 0. The molecule has 0 heterocycles. The average molecular weight is 276 g/mol. The molecular weight excluding hydrogens is 252 g/mol. The van der Waals surface area contributed by atoms with Crippen LogP contribution in [0.1, 0.15) is 43.1 Å². The molecule has 0 amide bonds. The summed E-state index contributed by atoms with van der Waals surface area (Å²) in [6.07, 6.45) is 2.35. The number of benzene rings is 1. The standard InChI is InChI=1S/C17H24O3/c1-5-6-13(11-18)12-20-16(19)14-7-9-15(10-8-14)17(2,3)4/h5,7-10,13,18H,1,6,11-12H2,2-4H3/t13-/m1/s1. The van der Waals surface area contributed by atoms with Gasteiger partial charge in [-0.2, -0.15) is 0 Å². The molecule has 0 aliphatic heterocycles. The Morgan fingerprint density at radius 1 is 1.35 bits per heavy atom. The Kier molecular flexibility index (Phi) is 5.96. The zero-order valence-electron chi connectivity index (χ0n) is 12.6. The Balaban J connectivity index is 2.62. The maximum Gasteiger partial charge on any atom is 0.338 e. The van der Waals surface area contributed by atoms with E-state index in [1.165, 1.54) is 5.56 Å². The molecule has 0 bridgehead atoms. The van der Waals surface area contributed by atoms with Crippen molar-refractivity contribution in [3.63, 3.8) is 0 Å². The quantitative estimate of drug-likeness (QED) is 0.640.